The van der Waals surface area contributed by atoms with E-state index in [1.54, 1.807) is 0 Å². The molecule has 6 heteroatoms. The van der Waals surface area contributed by atoms with Gasteiger partial charge in [0.15, 0.2) is 0 Å². The first-order chi connectivity index (χ1) is 7.15. The molecule has 0 saturated carbocycles. The molecule has 0 bridgehead atoms. The van der Waals surface area contributed by atoms with Crippen molar-refractivity contribution in [1.82, 2.24) is 9.55 Å². The van der Waals surface area contributed by atoms with E-state index < -0.39 is 23.1 Å². The molecular weight excluding hydrogens is 200 g/mol. The summed E-state index contributed by atoms with van der Waals surface area (Å²) in [6.45, 7) is 0. The lowest BCUT2D eigenvalue weighted by molar-refractivity contribution is -0.144. The lowest BCUT2D eigenvalue weighted by atomic mass is 10.2. The summed E-state index contributed by atoms with van der Waals surface area (Å²) in [4.78, 5) is 36.3. The van der Waals surface area contributed by atoms with Crippen LogP contribution in [0.2, 0.25) is 0 Å². The van der Waals surface area contributed by atoms with Crippen LogP contribution in [0.3, 0.4) is 0 Å². The highest BCUT2D eigenvalue weighted by molar-refractivity contribution is 5.74. The highest BCUT2D eigenvalue weighted by Crippen LogP contribution is 2.22. The summed E-state index contributed by atoms with van der Waals surface area (Å²) in [7, 11) is 1.26. The fraction of sp³-hybridized carbons (Fsp3) is 0.444. The lowest BCUT2D eigenvalue weighted by Crippen LogP contribution is -2.39. The molecule has 80 valence electrons. The normalized spacial score (nSPS) is 18.6. The number of nitrogens with one attached hydrogen (secondary N) is 1. The Labute approximate surface area is 84.5 Å². The Hall–Kier alpha value is -1.85. The van der Waals surface area contributed by atoms with Crippen LogP contribution in [0, 0.1) is 0 Å². The number of esters is 1. The fourth-order valence-electron chi connectivity index (χ4n) is 1.83. The maximum absolute atomic E-state index is 11.5. The smallest absolute Gasteiger partial charge is 0.328 e. The number of ether oxygens (including phenoxy) is 1. The third-order valence-corrected chi connectivity index (χ3v) is 2.55. The average Bonchev–Trinajstić information content (AvgIpc) is 2.67. The van der Waals surface area contributed by atoms with Crippen molar-refractivity contribution >= 4 is 5.97 Å². The maximum atomic E-state index is 11.5. The first kappa shape index (κ1) is 9.70. The van der Waals surface area contributed by atoms with Crippen LogP contribution in [0.1, 0.15) is 18.2 Å². The van der Waals surface area contributed by atoms with Crippen LogP contribution in [0.15, 0.2) is 15.8 Å². The molecule has 0 aromatic carbocycles. The molecule has 15 heavy (non-hydrogen) atoms. The van der Waals surface area contributed by atoms with Crippen LogP contribution < -0.4 is 11.1 Å². The monoisotopic (exact) mass is 210 g/mol. The van der Waals surface area contributed by atoms with E-state index in [0.29, 0.717) is 18.5 Å². The molecule has 0 aliphatic carbocycles. The summed E-state index contributed by atoms with van der Waals surface area (Å²) in [6.07, 6.45) is 2.55. The van der Waals surface area contributed by atoms with Crippen molar-refractivity contribution in [3.8, 4) is 0 Å². The minimum Gasteiger partial charge on any atom is -0.467 e. The Morgan fingerprint density at radius 2 is 2.33 bits per heavy atom. The summed E-state index contributed by atoms with van der Waals surface area (Å²) in [6, 6.07) is -0.653. The number of aryl methyl sites for hydroxylation is 1. The summed E-state index contributed by atoms with van der Waals surface area (Å²) >= 11 is 0. The van der Waals surface area contributed by atoms with Crippen molar-refractivity contribution in [3.63, 3.8) is 0 Å². The van der Waals surface area contributed by atoms with E-state index >= 15 is 0 Å². The van der Waals surface area contributed by atoms with Gasteiger partial charge in [0.25, 0.3) is 0 Å². The van der Waals surface area contributed by atoms with E-state index in [4.69, 9.17) is 0 Å². The number of fused-ring (bicyclic) bond motifs is 1. The van der Waals surface area contributed by atoms with E-state index in [0.717, 1.165) is 0 Å². The molecule has 1 aliphatic rings. The SMILES string of the molecule is COC(=O)[C@@H]1CCc2c[nH]c(=O)c(=O)n21. The lowest BCUT2D eigenvalue weighted by Gasteiger charge is -2.10. The zero-order valence-corrected chi connectivity index (χ0v) is 8.15. The molecule has 2 rings (SSSR count). The minimum absolute atomic E-state index is 0.485. The number of methoxy groups -OCH3 is 1. The zero-order valence-electron chi connectivity index (χ0n) is 8.15. The van der Waals surface area contributed by atoms with E-state index in [9.17, 15) is 14.4 Å². The molecule has 0 radical (unpaired) electrons. The molecule has 1 aromatic heterocycles. The van der Waals surface area contributed by atoms with Gasteiger partial charge in [-0.3, -0.25) is 14.2 Å². The molecule has 1 aliphatic heterocycles. The van der Waals surface area contributed by atoms with Gasteiger partial charge in [0, 0.05) is 11.9 Å². The van der Waals surface area contributed by atoms with Gasteiger partial charge in [-0.2, -0.15) is 0 Å². The van der Waals surface area contributed by atoms with Gasteiger partial charge in [0.1, 0.15) is 6.04 Å². The number of H-pyrrole nitrogens is 1. The highest BCUT2D eigenvalue weighted by Gasteiger charge is 2.30. The fourth-order valence-corrected chi connectivity index (χ4v) is 1.83. The van der Waals surface area contributed by atoms with Gasteiger partial charge >= 0.3 is 17.1 Å². The zero-order chi connectivity index (χ0) is 11.0. The summed E-state index contributed by atoms with van der Waals surface area (Å²) < 4.78 is 5.79. The van der Waals surface area contributed by atoms with Gasteiger partial charge in [0.05, 0.1) is 7.11 Å². The maximum Gasteiger partial charge on any atom is 0.328 e. The third kappa shape index (κ3) is 1.38. The van der Waals surface area contributed by atoms with Crippen LogP contribution in [-0.2, 0) is 16.0 Å². The number of hydrogen-bond donors (Lipinski definition) is 1. The number of nitrogens with zero attached hydrogens (tertiary/aromatic N) is 1. The van der Waals surface area contributed by atoms with E-state index in [-0.39, 0.29) is 0 Å². The second kappa shape index (κ2) is 3.38. The quantitative estimate of drug-likeness (QED) is 0.486. The van der Waals surface area contributed by atoms with Gasteiger partial charge in [-0.15, -0.1) is 0 Å². The Bertz CT molecular complexity index is 514. The van der Waals surface area contributed by atoms with E-state index in [1.807, 2.05) is 0 Å². The Morgan fingerprint density at radius 3 is 3.00 bits per heavy atom. The number of carbonyl (C=O) groups excluding carboxylic acids is 1. The van der Waals surface area contributed by atoms with Crippen LogP contribution in [0.5, 0.6) is 0 Å². The predicted octanol–water partition coefficient (Wildman–Crippen LogP) is -0.803. The van der Waals surface area contributed by atoms with Gasteiger partial charge in [-0.1, -0.05) is 0 Å². The van der Waals surface area contributed by atoms with Crippen molar-refractivity contribution in [1.29, 1.82) is 0 Å². The molecule has 1 atom stereocenters. The number of hydrogen-bond acceptors (Lipinski definition) is 4. The second-order valence-corrected chi connectivity index (χ2v) is 3.36. The van der Waals surface area contributed by atoms with Crippen molar-refractivity contribution in [2.45, 2.75) is 18.9 Å². The predicted molar refractivity (Wildman–Crippen MR) is 50.7 cm³/mol. The molecule has 0 amide bonds. The largest absolute Gasteiger partial charge is 0.467 e. The third-order valence-electron chi connectivity index (χ3n) is 2.55. The van der Waals surface area contributed by atoms with Crippen molar-refractivity contribution in [3.05, 3.63) is 32.6 Å². The van der Waals surface area contributed by atoms with Gasteiger partial charge in [-0.25, -0.2) is 4.79 Å². The number of carbonyl (C=O) groups is 1. The molecule has 1 aromatic rings. The topological polar surface area (TPSA) is 81.2 Å². The molecule has 2 heterocycles. The van der Waals surface area contributed by atoms with Crippen molar-refractivity contribution in [2.24, 2.45) is 0 Å². The molecule has 0 spiro atoms. The number of rotatable bonds is 1. The van der Waals surface area contributed by atoms with Crippen molar-refractivity contribution < 1.29 is 9.53 Å². The molecule has 0 fully saturated rings. The van der Waals surface area contributed by atoms with Crippen molar-refractivity contribution in [2.75, 3.05) is 7.11 Å². The Morgan fingerprint density at radius 1 is 1.60 bits per heavy atom. The van der Waals surface area contributed by atoms with Gasteiger partial charge in [-0.05, 0) is 12.8 Å². The molecule has 0 saturated heterocycles. The first-order valence-electron chi connectivity index (χ1n) is 4.56. The summed E-state index contributed by atoms with van der Waals surface area (Å²) in [5.41, 5.74) is -0.745. The number of aromatic nitrogens is 2. The second-order valence-electron chi connectivity index (χ2n) is 3.36. The Kier molecular flexibility index (Phi) is 2.18. The number of aromatic amines is 1. The van der Waals surface area contributed by atoms with Crippen LogP contribution in [-0.4, -0.2) is 22.6 Å². The van der Waals surface area contributed by atoms with E-state index in [2.05, 4.69) is 9.72 Å². The summed E-state index contributed by atoms with van der Waals surface area (Å²) in [5.74, 6) is -0.485. The first-order valence-corrected chi connectivity index (χ1v) is 4.56. The Balaban J connectivity index is 2.59. The molecule has 0 unspecified atom stereocenters. The summed E-state index contributed by atoms with van der Waals surface area (Å²) in [5, 5.41) is 0. The van der Waals surface area contributed by atoms with Gasteiger partial charge in [0.2, 0.25) is 0 Å². The van der Waals surface area contributed by atoms with Gasteiger partial charge < -0.3 is 9.72 Å². The van der Waals surface area contributed by atoms with Crippen LogP contribution in [0.25, 0.3) is 0 Å². The molecule has 1 N–H and O–H groups in total. The van der Waals surface area contributed by atoms with Crippen LogP contribution in [0.4, 0.5) is 0 Å². The molecule has 6 nitrogen and oxygen atoms in total. The average molecular weight is 210 g/mol. The highest BCUT2D eigenvalue weighted by atomic mass is 16.5. The van der Waals surface area contributed by atoms with E-state index in [1.165, 1.54) is 17.9 Å². The minimum atomic E-state index is -0.713. The standard InChI is InChI=1S/C9H10N2O4/c1-15-9(14)6-3-2-5-4-10-7(12)8(13)11(5)6/h4,6H,2-3H2,1H3,(H,10,12)/t6-/m0/s1. The van der Waals surface area contributed by atoms with Crippen LogP contribution >= 0.6 is 0 Å². The molecular formula is C9H10N2O4.